The lowest BCUT2D eigenvalue weighted by molar-refractivity contribution is -0.142. The number of carboxylic acid groups (broad SMARTS) is 1. The van der Waals surface area contributed by atoms with Gasteiger partial charge in [-0.2, -0.15) is 0 Å². The van der Waals surface area contributed by atoms with E-state index in [0.717, 1.165) is 16.5 Å². The van der Waals surface area contributed by atoms with Crippen LogP contribution in [0.4, 0.5) is 0 Å². The van der Waals surface area contributed by atoms with E-state index in [4.69, 9.17) is 11.5 Å². The summed E-state index contributed by atoms with van der Waals surface area (Å²) in [5.41, 5.74) is 14.4. The zero-order valence-electron chi connectivity index (χ0n) is 24.8. The minimum absolute atomic E-state index is 0.0174. The van der Waals surface area contributed by atoms with Gasteiger partial charge in [-0.3, -0.25) is 19.2 Å². The number of benzene rings is 3. The number of carbonyl (C=O) groups excluding carboxylic acids is 4. The molecule has 3 aromatic carbocycles. The van der Waals surface area contributed by atoms with Crippen molar-refractivity contribution >= 4 is 40.5 Å². The number of rotatable bonds is 15. The first-order valence-electron chi connectivity index (χ1n) is 14.5. The molecule has 0 aliphatic heterocycles. The number of carboxylic acids is 1. The summed E-state index contributed by atoms with van der Waals surface area (Å²) in [5, 5.41) is 27.8. The van der Waals surface area contributed by atoms with Crippen molar-refractivity contribution in [2.75, 3.05) is 0 Å². The summed E-state index contributed by atoms with van der Waals surface area (Å²) in [7, 11) is 0. The van der Waals surface area contributed by atoms with Gasteiger partial charge in [0.1, 0.15) is 23.9 Å². The Kier molecular flexibility index (Phi) is 11.1. The Morgan fingerprint density at radius 1 is 0.696 bits per heavy atom. The number of nitrogens with two attached hydrogens (primary N) is 2. The Labute approximate surface area is 264 Å². The zero-order valence-corrected chi connectivity index (χ0v) is 24.8. The zero-order chi connectivity index (χ0) is 33.2. The molecule has 0 aliphatic carbocycles. The maximum atomic E-state index is 13.5. The number of carbonyl (C=O) groups is 5. The Morgan fingerprint density at radius 3 is 1.93 bits per heavy atom. The number of nitrogens with one attached hydrogen (secondary N) is 4. The van der Waals surface area contributed by atoms with E-state index < -0.39 is 60.2 Å². The fourth-order valence-corrected chi connectivity index (χ4v) is 4.99. The van der Waals surface area contributed by atoms with Crippen molar-refractivity contribution in [3.63, 3.8) is 0 Å². The molecule has 0 bridgehead atoms. The van der Waals surface area contributed by atoms with Gasteiger partial charge < -0.3 is 42.6 Å². The molecule has 0 saturated carbocycles. The van der Waals surface area contributed by atoms with Crippen molar-refractivity contribution in [1.29, 1.82) is 0 Å². The molecule has 1 heterocycles. The number of phenols is 1. The minimum Gasteiger partial charge on any atom is -0.508 e. The first-order chi connectivity index (χ1) is 22.0. The lowest BCUT2D eigenvalue weighted by atomic mass is 10.0. The summed E-state index contributed by atoms with van der Waals surface area (Å²) >= 11 is 0. The van der Waals surface area contributed by atoms with Gasteiger partial charge in [-0.1, -0.05) is 60.7 Å². The Balaban J connectivity index is 1.50. The Bertz CT molecular complexity index is 1690. The van der Waals surface area contributed by atoms with Crippen molar-refractivity contribution in [2.24, 2.45) is 11.5 Å². The van der Waals surface area contributed by atoms with Gasteiger partial charge in [0.25, 0.3) is 0 Å². The number of aromatic amines is 1. The number of aromatic nitrogens is 1. The molecule has 10 N–H and O–H groups in total. The average molecular weight is 629 g/mol. The highest BCUT2D eigenvalue weighted by atomic mass is 16.4. The van der Waals surface area contributed by atoms with Gasteiger partial charge in [-0.05, 0) is 41.3 Å². The smallest absolute Gasteiger partial charge is 0.326 e. The van der Waals surface area contributed by atoms with E-state index in [1.807, 2.05) is 24.3 Å². The predicted molar refractivity (Wildman–Crippen MR) is 169 cm³/mol. The lowest BCUT2D eigenvalue weighted by Gasteiger charge is -2.25. The number of hydrogen-bond acceptors (Lipinski definition) is 7. The molecule has 4 atom stereocenters. The third-order valence-electron chi connectivity index (χ3n) is 7.40. The molecule has 13 heteroatoms. The standard InChI is InChI=1S/C33H36N6O7/c34-24(16-21-18-36-25-9-5-4-8-23(21)25)30(42)37-27(17-29(35)41)32(44)38-26(14-20-10-12-22(40)13-11-20)31(43)39-28(33(45)46)15-19-6-2-1-3-7-19/h1-13,18,24,26-28,36,40H,14-17,34H2,(H2,35,41)(H,37,42)(H,38,44)(H,39,43)(H,45,46). The van der Waals surface area contributed by atoms with Crippen LogP contribution in [0.25, 0.3) is 10.9 Å². The SMILES string of the molecule is NC(=O)CC(NC(=O)C(N)Cc1c[nH]c2ccccc12)C(=O)NC(Cc1ccc(O)cc1)C(=O)NC(Cc1ccccc1)C(=O)O. The van der Waals surface area contributed by atoms with Crippen LogP contribution < -0.4 is 27.4 Å². The van der Waals surface area contributed by atoms with Crippen LogP contribution in [0.2, 0.25) is 0 Å². The van der Waals surface area contributed by atoms with Crippen molar-refractivity contribution < 1.29 is 34.2 Å². The highest BCUT2D eigenvalue weighted by Gasteiger charge is 2.31. The average Bonchev–Trinajstić information content (AvgIpc) is 3.43. The fraction of sp³-hybridized carbons (Fsp3) is 0.242. The Hall–Kier alpha value is -5.69. The van der Waals surface area contributed by atoms with Gasteiger partial charge >= 0.3 is 5.97 Å². The molecule has 4 aromatic rings. The second-order valence-electron chi connectivity index (χ2n) is 10.9. The van der Waals surface area contributed by atoms with E-state index in [2.05, 4.69) is 20.9 Å². The molecular weight excluding hydrogens is 592 g/mol. The molecule has 0 spiro atoms. The van der Waals surface area contributed by atoms with Crippen LogP contribution >= 0.6 is 0 Å². The molecule has 46 heavy (non-hydrogen) atoms. The summed E-state index contributed by atoms with van der Waals surface area (Å²) in [6.07, 6.45) is 1.16. The van der Waals surface area contributed by atoms with Gasteiger partial charge in [-0.15, -0.1) is 0 Å². The highest BCUT2D eigenvalue weighted by Crippen LogP contribution is 2.19. The van der Waals surface area contributed by atoms with Crippen LogP contribution in [-0.2, 0) is 43.2 Å². The van der Waals surface area contributed by atoms with Crippen molar-refractivity contribution in [3.8, 4) is 5.75 Å². The molecule has 4 rings (SSSR count). The number of aliphatic carboxylic acids is 1. The number of para-hydroxylation sites is 1. The molecular formula is C33H36N6O7. The van der Waals surface area contributed by atoms with E-state index in [1.165, 1.54) is 24.3 Å². The van der Waals surface area contributed by atoms with E-state index in [9.17, 15) is 34.2 Å². The summed E-state index contributed by atoms with van der Waals surface area (Å²) in [6.45, 7) is 0. The first kappa shape index (κ1) is 33.2. The molecule has 0 saturated heterocycles. The summed E-state index contributed by atoms with van der Waals surface area (Å²) in [4.78, 5) is 67.1. The van der Waals surface area contributed by atoms with Crippen LogP contribution in [0, 0.1) is 0 Å². The monoisotopic (exact) mass is 628 g/mol. The summed E-state index contributed by atoms with van der Waals surface area (Å²) in [5.74, 6) is -4.63. The number of fused-ring (bicyclic) bond motifs is 1. The molecule has 240 valence electrons. The molecule has 13 nitrogen and oxygen atoms in total. The van der Waals surface area contributed by atoms with E-state index in [0.29, 0.717) is 11.1 Å². The van der Waals surface area contributed by atoms with Gasteiger partial charge in [0.2, 0.25) is 23.6 Å². The topological polar surface area (TPSA) is 230 Å². The molecule has 0 fully saturated rings. The molecule has 0 aliphatic rings. The lowest BCUT2D eigenvalue weighted by Crippen LogP contribution is -2.58. The maximum Gasteiger partial charge on any atom is 0.326 e. The predicted octanol–water partition coefficient (Wildman–Crippen LogP) is 0.643. The quantitative estimate of drug-likeness (QED) is 0.0929. The number of aromatic hydroxyl groups is 1. The third-order valence-corrected chi connectivity index (χ3v) is 7.40. The minimum atomic E-state index is -1.48. The molecule has 1 aromatic heterocycles. The van der Waals surface area contributed by atoms with Crippen molar-refractivity contribution in [1.82, 2.24) is 20.9 Å². The normalized spacial score (nSPS) is 13.6. The number of primary amides is 1. The van der Waals surface area contributed by atoms with Gasteiger partial charge in [-0.25, -0.2) is 4.79 Å². The van der Waals surface area contributed by atoms with Crippen LogP contribution in [0.15, 0.2) is 85.1 Å². The largest absolute Gasteiger partial charge is 0.508 e. The van der Waals surface area contributed by atoms with E-state index in [1.54, 1.807) is 36.5 Å². The molecule has 0 radical (unpaired) electrons. The van der Waals surface area contributed by atoms with Gasteiger partial charge in [0.15, 0.2) is 0 Å². The fourth-order valence-electron chi connectivity index (χ4n) is 4.99. The summed E-state index contributed by atoms with van der Waals surface area (Å²) in [6, 6.07) is 16.8. The van der Waals surface area contributed by atoms with Gasteiger partial charge in [0.05, 0.1) is 12.5 Å². The number of phenolic OH excluding ortho intramolecular Hbond substituents is 1. The highest BCUT2D eigenvalue weighted by molar-refractivity contribution is 5.96. The molecule has 4 unspecified atom stereocenters. The second-order valence-corrected chi connectivity index (χ2v) is 10.9. The second kappa shape index (κ2) is 15.3. The van der Waals surface area contributed by atoms with Crippen LogP contribution in [-0.4, -0.2) is 69.0 Å². The van der Waals surface area contributed by atoms with Crippen LogP contribution in [0.3, 0.4) is 0 Å². The van der Waals surface area contributed by atoms with Gasteiger partial charge in [0, 0.05) is 29.9 Å². The number of hydrogen-bond donors (Lipinski definition) is 8. The first-order valence-corrected chi connectivity index (χ1v) is 14.5. The molecule has 4 amide bonds. The van der Waals surface area contributed by atoms with Crippen LogP contribution in [0.1, 0.15) is 23.1 Å². The van der Waals surface area contributed by atoms with E-state index in [-0.39, 0.29) is 25.0 Å². The number of H-pyrrole nitrogens is 1. The van der Waals surface area contributed by atoms with Crippen molar-refractivity contribution in [3.05, 3.63) is 102 Å². The van der Waals surface area contributed by atoms with Crippen LogP contribution in [0.5, 0.6) is 5.75 Å². The maximum absolute atomic E-state index is 13.5. The van der Waals surface area contributed by atoms with Crippen molar-refractivity contribution in [2.45, 2.75) is 49.9 Å². The van der Waals surface area contributed by atoms with E-state index >= 15 is 0 Å². The third kappa shape index (κ3) is 9.16. The summed E-state index contributed by atoms with van der Waals surface area (Å²) < 4.78 is 0. The Morgan fingerprint density at radius 2 is 1.26 bits per heavy atom. The number of amides is 4.